The van der Waals surface area contributed by atoms with E-state index >= 15 is 0 Å². The molecule has 6 heteroatoms. The van der Waals surface area contributed by atoms with Crippen LogP contribution in [0.4, 0.5) is 11.5 Å². The molecule has 1 aliphatic carbocycles. The molecule has 0 aromatic carbocycles. The van der Waals surface area contributed by atoms with Crippen LogP contribution in [0.1, 0.15) is 25.7 Å². The van der Waals surface area contributed by atoms with Crippen LogP contribution in [0.3, 0.4) is 0 Å². The fraction of sp³-hybridized carbons (Fsp3) is 0.583. The quantitative estimate of drug-likeness (QED) is 0.673. The topological polar surface area (TPSA) is 49.3 Å². The number of amides is 1. The number of aromatic nitrogens is 2. The molecule has 5 nitrogen and oxygen atoms in total. The fourth-order valence-electron chi connectivity index (χ4n) is 3.11. The summed E-state index contributed by atoms with van der Waals surface area (Å²) >= 11 is 5.87. The van der Waals surface area contributed by atoms with Crippen molar-refractivity contribution in [2.24, 2.45) is 0 Å². The monoisotopic (exact) mass is 266 g/mol. The number of anilines is 2. The third-order valence-corrected chi connectivity index (χ3v) is 4.36. The normalized spacial score (nSPS) is 21.6. The van der Waals surface area contributed by atoms with Crippen LogP contribution in [0.25, 0.3) is 0 Å². The van der Waals surface area contributed by atoms with Crippen LogP contribution in [0.15, 0.2) is 6.20 Å². The van der Waals surface area contributed by atoms with Crippen LogP contribution in [0, 0.1) is 0 Å². The molecule has 2 aliphatic rings. The third-order valence-electron chi connectivity index (χ3n) is 4.18. The van der Waals surface area contributed by atoms with Crippen molar-refractivity contribution in [1.29, 1.82) is 0 Å². The molecular formula is C12H15ClN4O. The maximum absolute atomic E-state index is 12.6. The summed E-state index contributed by atoms with van der Waals surface area (Å²) in [6.07, 6.45) is 5.54. The highest BCUT2D eigenvalue weighted by Gasteiger charge is 2.51. The van der Waals surface area contributed by atoms with Gasteiger partial charge in [-0.3, -0.25) is 4.79 Å². The van der Waals surface area contributed by atoms with Gasteiger partial charge in [-0.1, -0.05) is 12.8 Å². The second kappa shape index (κ2) is 3.82. The lowest BCUT2D eigenvalue weighted by molar-refractivity contribution is -0.123. The van der Waals surface area contributed by atoms with Crippen LogP contribution in [0.5, 0.6) is 0 Å². The van der Waals surface area contributed by atoms with Crippen LogP contribution in [0.2, 0.25) is 5.28 Å². The van der Waals surface area contributed by atoms with Crippen LogP contribution in [-0.2, 0) is 4.79 Å². The van der Waals surface area contributed by atoms with E-state index in [-0.39, 0.29) is 11.2 Å². The van der Waals surface area contributed by atoms with E-state index in [0.29, 0.717) is 0 Å². The Labute approximate surface area is 111 Å². The van der Waals surface area contributed by atoms with Crippen molar-refractivity contribution in [3.05, 3.63) is 11.5 Å². The van der Waals surface area contributed by atoms with Crippen LogP contribution >= 0.6 is 11.6 Å². The Balaban J connectivity index is 2.17. The average Bonchev–Trinajstić information content (AvgIpc) is 2.85. The highest BCUT2D eigenvalue weighted by atomic mass is 35.5. The first kappa shape index (κ1) is 11.7. The highest BCUT2D eigenvalue weighted by molar-refractivity contribution is 6.28. The van der Waals surface area contributed by atoms with Gasteiger partial charge in [0, 0.05) is 14.1 Å². The predicted molar refractivity (Wildman–Crippen MR) is 70.1 cm³/mol. The maximum Gasteiger partial charge on any atom is 0.252 e. The number of carbonyl (C=O) groups excluding carboxylic acids is 1. The third kappa shape index (κ3) is 1.37. The van der Waals surface area contributed by atoms with E-state index in [9.17, 15) is 4.79 Å². The molecule has 0 atom stereocenters. The molecule has 0 bridgehead atoms. The van der Waals surface area contributed by atoms with Gasteiger partial charge in [-0.2, -0.15) is 4.98 Å². The average molecular weight is 267 g/mol. The SMILES string of the molecule is CN1C(=O)C2(CCCC2)N(C)c2nc(Cl)ncc21. The van der Waals surface area contributed by atoms with Gasteiger partial charge in [0.2, 0.25) is 5.28 Å². The Morgan fingerprint density at radius 3 is 2.67 bits per heavy atom. The summed E-state index contributed by atoms with van der Waals surface area (Å²) in [4.78, 5) is 24.5. The van der Waals surface area contributed by atoms with Gasteiger partial charge in [-0.05, 0) is 24.4 Å². The smallest absolute Gasteiger partial charge is 0.252 e. The van der Waals surface area contributed by atoms with E-state index in [1.54, 1.807) is 18.1 Å². The summed E-state index contributed by atoms with van der Waals surface area (Å²) in [5.41, 5.74) is 0.295. The van der Waals surface area contributed by atoms with E-state index in [2.05, 4.69) is 9.97 Å². The predicted octanol–water partition coefficient (Wildman–Crippen LogP) is 1.86. The number of carbonyl (C=O) groups is 1. The van der Waals surface area contributed by atoms with Crippen molar-refractivity contribution in [2.75, 3.05) is 23.9 Å². The van der Waals surface area contributed by atoms with E-state index in [1.165, 1.54) is 0 Å². The van der Waals surface area contributed by atoms with Crippen molar-refractivity contribution >= 4 is 29.0 Å². The zero-order valence-electron chi connectivity index (χ0n) is 10.5. The Bertz CT molecular complexity index is 513. The molecule has 18 heavy (non-hydrogen) atoms. The van der Waals surface area contributed by atoms with Crippen molar-refractivity contribution < 1.29 is 4.79 Å². The molecule has 1 saturated carbocycles. The van der Waals surface area contributed by atoms with E-state index in [4.69, 9.17) is 11.6 Å². The molecule has 0 radical (unpaired) electrons. The number of hydrogen-bond acceptors (Lipinski definition) is 4. The molecule has 1 fully saturated rings. The fourth-order valence-corrected chi connectivity index (χ4v) is 3.23. The van der Waals surface area contributed by atoms with Crippen molar-refractivity contribution in [2.45, 2.75) is 31.2 Å². The number of likely N-dealkylation sites (N-methyl/N-ethyl adjacent to an activating group) is 2. The van der Waals surface area contributed by atoms with E-state index in [1.807, 2.05) is 11.9 Å². The van der Waals surface area contributed by atoms with Crippen molar-refractivity contribution in [1.82, 2.24) is 9.97 Å². The Morgan fingerprint density at radius 1 is 1.33 bits per heavy atom. The summed E-state index contributed by atoms with van der Waals surface area (Å²) in [5.74, 6) is 0.889. The molecule has 1 aromatic rings. The van der Waals surface area contributed by atoms with Crippen molar-refractivity contribution in [3.8, 4) is 0 Å². The lowest BCUT2D eigenvalue weighted by atomic mass is 9.91. The molecule has 1 amide bonds. The van der Waals surface area contributed by atoms with Crippen molar-refractivity contribution in [3.63, 3.8) is 0 Å². The molecule has 3 rings (SSSR count). The van der Waals surface area contributed by atoms with Gasteiger partial charge in [0.1, 0.15) is 11.2 Å². The second-order valence-electron chi connectivity index (χ2n) is 5.01. The summed E-state index contributed by atoms with van der Waals surface area (Å²) in [5, 5.41) is 0.219. The van der Waals surface area contributed by atoms with Gasteiger partial charge in [0.25, 0.3) is 5.91 Å². The molecule has 96 valence electrons. The second-order valence-corrected chi connectivity index (χ2v) is 5.35. The first-order valence-electron chi connectivity index (χ1n) is 6.11. The van der Waals surface area contributed by atoms with Gasteiger partial charge in [0.15, 0.2) is 5.82 Å². The lowest BCUT2D eigenvalue weighted by Gasteiger charge is -2.45. The van der Waals surface area contributed by atoms with E-state index < -0.39 is 5.54 Å². The van der Waals surface area contributed by atoms with E-state index in [0.717, 1.165) is 37.2 Å². The highest BCUT2D eigenvalue weighted by Crippen LogP contribution is 2.45. The summed E-state index contributed by atoms with van der Waals surface area (Å²) in [6.45, 7) is 0. The first-order chi connectivity index (χ1) is 8.56. The zero-order chi connectivity index (χ0) is 12.9. The zero-order valence-corrected chi connectivity index (χ0v) is 11.2. The minimum absolute atomic E-state index is 0.140. The number of hydrogen-bond donors (Lipinski definition) is 0. The van der Waals surface area contributed by atoms with Gasteiger partial charge in [0.05, 0.1) is 6.20 Å². The number of rotatable bonds is 0. The molecule has 1 aromatic heterocycles. The summed E-state index contributed by atoms with van der Waals surface area (Å²) < 4.78 is 0. The maximum atomic E-state index is 12.6. The van der Waals surface area contributed by atoms with Gasteiger partial charge >= 0.3 is 0 Å². The van der Waals surface area contributed by atoms with Gasteiger partial charge in [-0.15, -0.1) is 0 Å². The Hall–Kier alpha value is -1.36. The number of halogens is 1. The Morgan fingerprint density at radius 2 is 2.00 bits per heavy atom. The largest absolute Gasteiger partial charge is 0.343 e. The molecule has 0 N–H and O–H groups in total. The van der Waals surface area contributed by atoms with Gasteiger partial charge < -0.3 is 9.80 Å². The molecule has 0 unspecified atom stereocenters. The molecule has 0 saturated heterocycles. The summed E-state index contributed by atoms with van der Waals surface area (Å²) in [7, 11) is 3.71. The van der Waals surface area contributed by atoms with Crippen LogP contribution < -0.4 is 9.80 Å². The summed E-state index contributed by atoms with van der Waals surface area (Å²) in [6, 6.07) is 0. The molecular weight excluding hydrogens is 252 g/mol. The number of fused-ring (bicyclic) bond motifs is 1. The minimum atomic E-state index is -0.431. The Kier molecular flexibility index (Phi) is 2.48. The minimum Gasteiger partial charge on any atom is -0.343 e. The van der Waals surface area contributed by atoms with Crippen LogP contribution in [-0.4, -0.2) is 35.5 Å². The standard InChI is InChI=1S/C12H15ClN4O/c1-16-8-7-14-11(13)15-9(8)17(2)12(10(16)18)5-3-4-6-12/h7H,3-6H2,1-2H3. The van der Waals surface area contributed by atoms with Gasteiger partial charge in [-0.25, -0.2) is 4.98 Å². The molecule has 1 aliphatic heterocycles. The molecule has 2 heterocycles. The first-order valence-corrected chi connectivity index (χ1v) is 6.48. The number of nitrogens with zero attached hydrogens (tertiary/aromatic N) is 4. The lowest BCUT2D eigenvalue weighted by Crippen LogP contribution is -2.60. The molecule has 1 spiro atoms.